The molecule has 1 fully saturated rings. The Labute approximate surface area is 168 Å². The molecule has 0 spiro atoms. The normalized spacial score (nSPS) is 17.7. The summed E-state index contributed by atoms with van der Waals surface area (Å²) < 4.78 is 51.1. The number of nitrogens with zero attached hydrogens (tertiary/aromatic N) is 3. The van der Waals surface area contributed by atoms with E-state index in [0.717, 1.165) is 6.07 Å². The lowest BCUT2D eigenvalue weighted by atomic mass is 9.91. The molecule has 0 N–H and O–H groups in total. The SMILES string of the molecule is COc1ccc(C(=O)N2CCC[C@@H](c3noc4nc(C)cc(C(F)(F)F)c34)C2)s1. The van der Waals surface area contributed by atoms with Crippen LogP contribution in [-0.2, 0) is 6.18 Å². The first-order valence-electron chi connectivity index (χ1n) is 9.05. The van der Waals surface area contributed by atoms with Gasteiger partial charge in [0.1, 0.15) is 0 Å². The number of carbonyl (C=O) groups is 1. The van der Waals surface area contributed by atoms with Crippen molar-refractivity contribution < 1.29 is 27.2 Å². The number of carbonyl (C=O) groups excluding carboxylic acids is 1. The Kier molecular flexibility index (Phi) is 4.97. The van der Waals surface area contributed by atoms with Crippen molar-refractivity contribution in [1.29, 1.82) is 0 Å². The molecule has 3 aromatic rings. The summed E-state index contributed by atoms with van der Waals surface area (Å²) in [6.45, 7) is 2.29. The Hall–Kier alpha value is -2.62. The molecule has 0 aromatic carbocycles. The quantitative estimate of drug-likeness (QED) is 0.612. The molecule has 10 heteroatoms. The lowest BCUT2D eigenvalue weighted by Gasteiger charge is -2.31. The maximum Gasteiger partial charge on any atom is 0.417 e. The molecule has 154 valence electrons. The summed E-state index contributed by atoms with van der Waals surface area (Å²) in [7, 11) is 1.53. The maximum absolute atomic E-state index is 13.6. The minimum atomic E-state index is -4.55. The van der Waals surface area contributed by atoms with Crippen LogP contribution in [0.3, 0.4) is 0 Å². The van der Waals surface area contributed by atoms with Gasteiger partial charge in [-0.3, -0.25) is 4.79 Å². The number of amides is 1. The van der Waals surface area contributed by atoms with Crippen LogP contribution in [-0.4, -0.2) is 41.1 Å². The van der Waals surface area contributed by atoms with Gasteiger partial charge in [0.2, 0.25) is 0 Å². The van der Waals surface area contributed by atoms with E-state index in [9.17, 15) is 18.0 Å². The number of thiophene rings is 1. The summed E-state index contributed by atoms with van der Waals surface area (Å²) in [6, 6.07) is 4.41. The molecule has 0 radical (unpaired) electrons. The molecule has 0 bridgehead atoms. The second-order valence-electron chi connectivity index (χ2n) is 6.97. The van der Waals surface area contributed by atoms with Crippen LogP contribution < -0.4 is 4.74 Å². The van der Waals surface area contributed by atoms with Crippen LogP contribution in [0.1, 0.15) is 45.4 Å². The van der Waals surface area contributed by atoms with Gasteiger partial charge < -0.3 is 14.2 Å². The number of pyridine rings is 1. The third kappa shape index (κ3) is 3.68. The summed E-state index contributed by atoms with van der Waals surface area (Å²) in [5.74, 6) is -0.526. The predicted molar refractivity (Wildman–Crippen MR) is 100 cm³/mol. The number of likely N-dealkylation sites (tertiary alicyclic amines) is 1. The van der Waals surface area contributed by atoms with Gasteiger partial charge in [-0.1, -0.05) is 16.5 Å². The predicted octanol–water partition coefficient (Wildman–Crippen LogP) is 4.64. The Morgan fingerprint density at radius 3 is 2.86 bits per heavy atom. The number of rotatable bonds is 3. The first-order chi connectivity index (χ1) is 13.8. The maximum atomic E-state index is 13.6. The van der Waals surface area contributed by atoms with Crippen molar-refractivity contribution in [3.63, 3.8) is 0 Å². The van der Waals surface area contributed by atoms with Crippen molar-refractivity contribution in [2.75, 3.05) is 20.2 Å². The number of alkyl halides is 3. The Bertz CT molecular complexity index is 1060. The van der Waals surface area contributed by atoms with E-state index in [1.807, 2.05) is 0 Å². The highest BCUT2D eigenvalue weighted by atomic mass is 32.1. The highest BCUT2D eigenvalue weighted by Gasteiger charge is 2.38. The number of hydrogen-bond donors (Lipinski definition) is 0. The smallest absolute Gasteiger partial charge is 0.417 e. The molecule has 0 aliphatic carbocycles. The first kappa shape index (κ1) is 19.7. The van der Waals surface area contributed by atoms with Crippen LogP contribution in [0.5, 0.6) is 5.06 Å². The second-order valence-corrected chi connectivity index (χ2v) is 8.02. The molecular formula is C19H18F3N3O3S. The van der Waals surface area contributed by atoms with Crippen molar-refractivity contribution in [3.05, 3.63) is 40.0 Å². The highest BCUT2D eigenvalue weighted by molar-refractivity contribution is 7.15. The fourth-order valence-electron chi connectivity index (χ4n) is 3.68. The van der Waals surface area contributed by atoms with E-state index in [-0.39, 0.29) is 40.9 Å². The fraction of sp³-hybridized carbons (Fsp3) is 0.421. The van der Waals surface area contributed by atoms with Gasteiger partial charge in [-0.25, -0.2) is 4.98 Å². The largest absolute Gasteiger partial charge is 0.487 e. The fourth-order valence-corrected chi connectivity index (χ4v) is 4.47. The number of halogens is 3. The number of ether oxygens (including phenoxy) is 1. The van der Waals surface area contributed by atoms with Gasteiger partial charge in [0, 0.05) is 24.7 Å². The zero-order chi connectivity index (χ0) is 20.8. The summed E-state index contributed by atoms with van der Waals surface area (Å²) in [4.78, 5) is 19.1. The molecule has 4 heterocycles. The third-order valence-electron chi connectivity index (χ3n) is 4.99. The standard InChI is InChI=1S/C19H18F3N3O3S/c1-10-8-12(19(20,21)22)15-16(24-28-17(15)23-10)11-4-3-7-25(9-11)18(26)13-5-6-14(27-2)29-13/h5-6,8,11H,3-4,7,9H2,1-2H3/t11-/m1/s1. The first-order valence-corrected chi connectivity index (χ1v) is 9.86. The van der Waals surface area contributed by atoms with Crippen molar-refractivity contribution in [1.82, 2.24) is 15.0 Å². The molecule has 0 saturated carbocycles. The van der Waals surface area contributed by atoms with Gasteiger partial charge in [0.25, 0.3) is 11.6 Å². The van der Waals surface area contributed by atoms with Crippen molar-refractivity contribution in [2.45, 2.75) is 31.9 Å². The number of hydrogen-bond acceptors (Lipinski definition) is 6. The second kappa shape index (κ2) is 7.33. The highest BCUT2D eigenvalue weighted by Crippen LogP contribution is 2.40. The molecule has 0 unspecified atom stereocenters. The summed E-state index contributed by atoms with van der Waals surface area (Å²) >= 11 is 1.24. The van der Waals surface area contributed by atoms with E-state index in [0.29, 0.717) is 29.3 Å². The molecule has 1 aliphatic rings. The molecular weight excluding hydrogens is 407 g/mol. The number of aromatic nitrogens is 2. The summed E-state index contributed by atoms with van der Waals surface area (Å²) in [5.41, 5.74) is -0.512. The van der Waals surface area contributed by atoms with Crippen molar-refractivity contribution in [3.8, 4) is 5.06 Å². The van der Waals surface area contributed by atoms with Gasteiger partial charge in [-0.05, 0) is 38.0 Å². The van der Waals surface area contributed by atoms with Crippen molar-refractivity contribution in [2.24, 2.45) is 0 Å². The topological polar surface area (TPSA) is 68.5 Å². The summed E-state index contributed by atoms with van der Waals surface area (Å²) in [6.07, 6.45) is -3.28. The zero-order valence-electron chi connectivity index (χ0n) is 15.7. The number of methoxy groups -OCH3 is 1. The molecule has 4 rings (SSSR count). The van der Waals surface area contributed by atoms with E-state index < -0.39 is 11.7 Å². The third-order valence-corrected chi connectivity index (χ3v) is 6.03. The lowest BCUT2D eigenvalue weighted by molar-refractivity contribution is -0.136. The number of aryl methyl sites for hydroxylation is 1. The molecule has 3 aromatic heterocycles. The van der Waals surface area contributed by atoms with Crippen LogP contribution in [0.25, 0.3) is 11.1 Å². The molecule has 1 saturated heterocycles. The molecule has 29 heavy (non-hydrogen) atoms. The average Bonchev–Trinajstić information content (AvgIpc) is 3.33. The molecule has 1 aliphatic heterocycles. The van der Waals surface area contributed by atoms with Gasteiger partial charge >= 0.3 is 6.18 Å². The Balaban J connectivity index is 1.66. The van der Waals surface area contributed by atoms with Gasteiger partial charge in [0.05, 0.1) is 28.6 Å². The molecule has 1 amide bonds. The van der Waals surface area contributed by atoms with Crippen LogP contribution in [0.4, 0.5) is 13.2 Å². The number of piperidine rings is 1. The van der Waals surface area contributed by atoms with Crippen LogP contribution in [0, 0.1) is 6.92 Å². The van der Waals surface area contributed by atoms with Crippen LogP contribution in [0.2, 0.25) is 0 Å². The van der Waals surface area contributed by atoms with E-state index in [2.05, 4.69) is 10.1 Å². The van der Waals surface area contributed by atoms with E-state index in [1.54, 1.807) is 17.0 Å². The van der Waals surface area contributed by atoms with Crippen LogP contribution in [0.15, 0.2) is 22.7 Å². The van der Waals surface area contributed by atoms with E-state index >= 15 is 0 Å². The lowest BCUT2D eigenvalue weighted by Crippen LogP contribution is -2.39. The number of fused-ring (bicyclic) bond motifs is 1. The van der Waals surface area contributed by atoms with E-state index in [1.165, 1.54) is 25.4 Å². The van der Waals surface area contributed by atoms with Crippen molar-refractivity contribution >= 4 is 28.3 Å². The minimum absolute atomic E-state index is 0.111. The van der Waals surface area contributed by atoms with Gasteiger partial charge in [0.15, 0.2) is 5.06 Å². The van der Waals surface area contributed by atoms with Gasteiger partial charge in [-0.2, -0.15) is 13.2 Å². The zero-order valence-corrected chi connectivity index (χ0v) is 16.6. The average molecular weight is 425 g/mol. The molecule has 1 atom stereocenters. The van der Waals surface area contributed by atoms with Gasteiger partial charge in [-0.15, -0.1) is 0 Å². The van der Waals surface area contributed by atoms with E-state index in [4.69, 9.17) is 9.26 Å². The Morgan fingerprint density at radius 2 is 2.17 bits per heavy atom. The molecule has 6 nitrogen and oxygen atoms in total. The Morgan fingerprint density at radius 1 is 1.38 bits per heavy atom. The monoisotopic (exact) mass is 425 g/mol. The summed E-state index contributed by atoms with van der Waals surface area (Å²) in [5, 5.41) is 4.44. The minimum Gasteiger partial charge on any atom is -0.487 e. The van der Waals surface area contributed by atoms with Crippen LogP contribution >= 0.6 is 11.3 Å².